The number of carbonyl (C=O) groups is 1. The second-order valence-corrected chi connectivity index (χ2v) is 8.06. The van der Waals surface area contributed by atoms with Gasteiger partial charge in [-0.05, 0) is 36.1 Å². The van der Waals surface area contributed by atoms with Crippen molar-refractivity contribution in [3.05, 3.63) is 53.9 Å². The Morgan fingerprint density at radius 2 is 2.10 bits per heavy atom. The zero-order valence-corrected chi connectivity index (χ0v) is 18.1. The number of aromatic nitrogens is 1. The van der Waals surface area contributed by atoms with Crippen LogP contribution in [0, 0.1) is 5.92 Å². The summed E-state index contributed by atoms with van der Waals surface area (Å²) in [5.74, 6) is 0.400. The molecule has 3 N–H and O–H groups in total. The van der Waals surface area contributed by atoms with Crippen LogP contribution in [-0.4, -0.2) is 49.8 Å². The molecule has 1 aromatic carbocycles. The third kappa shape index (κ3) is 6.90. The summed E-state index contributed by atoms with van der Waals surface area (Å²) >= 11 is 0. The summed E-state index contributed by atoms with van der Waals surface area (Å²) in [7, 11) is 0. The lowest BCUT2D eigenvalue weighted by Crippen LogP contribution is -2.35. The van der Waals surface area contributed by atoms with E-state index in [4.69, 9.17) is 4.74 Å². The van der Waals surface area contributed by atoms with Crippen LogP contribution in [0.1, 0.15) is 42.6 Å². The highest BCUT2D eigenvalue weighted by atomic mass is 16.5. The fourth-order valence-electron chi connectivity index (χ4n) is 3.33. The first-order chi connectivity index (χ1) is 14.7. The Kier molecular flexibility index (Phi) is 8.81. The number of ether oxygens (including phenoxy) is 1. The molecule has 1 aliphatic heterocycles. The Hall–Kier alpha value is -2.28. The van der Waals surface area contributed by atoms with Gasteiger partial charge in [0.2, 0.25) is 0 Å². The SMILES string of the molecule is CC[C@H](C)CNC(=O)c1cncc(-c2ccc(CNCC3CNCCCO3)cc2)c1. The highest BCUT2D eigenvalue weighted by Crippen LogP contribution is 2.20. The minimum atomic E-state index is -0.0688. The Balaban J connectivity index is 1.53. The van der Waals surface area contributed by atoms with Crippen LogP contribution >= 0.6 is 0 Å². The average molecular weight is 411 g/mol. The van der Waals surface area contributed by atoms with Crippen LogP contribution in [-0.2, 0) is 11.3 Å². The van der Waals surface area contributed by atoms with Gasteiger partial charge in [-0.1, -0.05) is 44.5 Å². The van der Waals surface area contributed by atoms with E-state index in [-0.39, 0.29) is 12.0 Å². The molecule has 2 aromatic rings. The first-order valence-electron chi connectivity index (χ1n) is 11.0. The van der Waals surface area contributed by atoms with Crippen molar-refractivity contribution in [3.8, 4) is 11.1 Å². The van der Waals surface area contributed by atoms with Crippen molar-refractivity contribution >= 4 is 5.91 Å². The number of hydrogen-bond donors (Lipinski definition) is 3. The van der Waals surface area contributed by atoms with Crippen LogP contribution in [0.25, 0.3) is 11.1 Å². The lowest BCUT2D eigenvalue weighted by molar-refractivity contribution is 0.0668. The fourth-order valence-corrected chi connectivity index (χ4v) is 3.33. The van der Waals surface area contributed by atoms with Gasteiger partial charge < -0.3 is 20.7 Å². The molecule has 1 fully saturated rings. The predicted molar refractivity (Wildman–Crippen MR) is 120 cm³/mol. The van der Waals surface area contributed by atoms with Crippen LogP contribution in [0.15, 0.2) is 42.7 Å². The highest BCUT2D eigenvalue weighted by molar-refractivity contribution is 5.95. The van der Waals surface area contributed by atoms with Crippen LogP contribution in [0.4, 0.5) is 0 Å². The van der Waals surface area contributed by atoms with E-state index in [1.807, 2.05) is 6.07 Å². The Labute approximate surface area is 179 Å². The van der Waals surface area contributed by atoms with E-state index in [2.05, 4.69) is 59.0 Å². The maximum atomic E-state index is 12.4. The van der Waals surface area contributed by atoms with Gasteiger partial charge in [-0.3, -0.25) is 9.78 Å². The second-order valence-electron chi connectivity index (χ2n) is 8.06. The smallest absolute Gasteiger partial charge is 0.252 e. The average Bonchev–Trinajstić information content (AvgIpc) is 3.06. The summed E-state index contributed by atoms with van der Waals surface area (Å²) < 4.78 is 5.82. The first-order valence-corrected chi connectivity index (χ1v) is 11.0. The van der Waals surface area contributed by atoms with Gasteiger partial charge >= 0.3 is 0 Å². The monoisotopic (exact) mass is 410 g/mol. The maximum absolute atomic E-state index is 12.4. The maximum Gasteiger partial charge on any atom is 0.252 e. The largest absolute Gasteiger partial charge is 0.376 e. The van der Waals surface area contributed by atoms with Crippen molar-refractivity contribution in [1.82, 2.24) is 20.9 Å². The van der Waals surface area contributed by atoms with Gasteiger partial charge in [0.15, 0.2) is 0 Å². The fraction of sp³-hybridized carbons (Fsp3) is 0.500. The van der Waals surface area contributed by atoms with E-state index in [0.717, 1.165) is 56.8 Å². The molecule has 1 aromatic heterocycles. The number of carbonyl (C=O) groups excluding carboxylic acids is 1. The van der Waals surface area contributed by atoms with Crippen molar-refractivity contribution in [3.63, 3.8) is 0 Å². The minimum absolute atomic E-state index is 0.0688. The molecule has 0 radical (unpaired) electrons. The third-order valence-corrected chi connectivity index (χ3v) is 5.52. The van der Waals surface area contributed by atoms with Gasteiger partial charge in [0.1, 0.15) is 0 Å². The molecular weight excluding hydrogens is 376 g/mol. The molecule has 2 heterocycles. The molecule has 2 atom stereocenters. The number of nitrogens with zero attached hydrogens (tertiary/aromatic N) is 1. The normalized spacial score (nSPS) is 17.9. The Bertz CT molecular complexity index is 786. The molecule has 1 amide bonds. The number of hydrogen-bond acceptors (Lipinski definition) is 5. The van der Waals surface area contributed by atoms with Crippen molar-refractivity contribution in [2.24, 2.45) is 5.92 Å². The molecule has 0 aliphatic carbocycles. The number of amides is 1. The summed E-state index contributed by atoms with van der Waals surface area (Å²) in [6, 6.07) is 10.3. The predicted octanol–water partition coefficient (Wildman–Crippen LogP) is 2.99. The molecular formula is C24H34N4O2. The minimum Gasteiger partial charge on any atom is -0.376 e. The zero-order valence-electron chi connectivity index (χ0n) is 18.1. The van der Waals surface area contributed by atoms with Gasteiger partial charge in [0.25, 0.3) is 5.91 Å². The van der Waals surface area contributed by atoms with Gasteiger partial charge in [0.05, 0.1) is 11.7 Å². The zero-order chi connectivity index (χ0) is 21.2. The van der Waals surface area contributed by atoms with E-state index in [9.17, 15) is 4.79 Å². The van der Waals surface area contributed by atoms with E-state index in [1.165, 1.54) is 5.56 Å². The third-order valence-electron chi connectivity index (χ3n) is 5.52. The lowest BCUT2D eigenvalue weighted by Gasteiger charge is -2.15. The van der Waals surface area contributed by atoms with Crippen LogP contribution in [0.3, 0.4) is 0 Å². The van der Waals surface area contributed by atoms with Crippen LogP contribution in [0.2, 0.25) is 0 Å². The summed E-state index contributed by atoms with van der Waals surface area (Å²) in [4.78, 5) is 16.7. The van der Waals surface area contributed by atoms with Gasteiger partial charge in [-0.25, -0.2) is 0 Å². The standard InChI is InChI=1S/C24H34N4O2/c1-3-18(2)12-28-24(29)22-11-21(14-27-15-22)20-7-5-19(6-8-20)13-26-17-23-16-25-9-4-10-30-23/h5-8,11,14-15,18,23,25-26H,3-4,9-10,12-13,16-17H2,1-2H3,(H,28,29)/t18-,23?/m0/s1. The highest BCUT2D eigenvalue weighted by Gasteiger charge is 2.12. The molecule has 6 heteroatoms. The Morgan fingerprint density at radius 3 is 2.90 bits per heavy atom. The van der Waals surface area contributed by atoms with Crippen LogP contribution < -0.4 is 16.0 Å². The summed E-state index contributed by atoms with van der Waals surface area (Å²) in [5, 5.41) is 9.87. The number of pyridine rings is 1. The second kappa shape index (κ2) is 11.8. The van der Waals surface area contributed by atoms with Crippen molar-refractivity contribution < 1.29 is 9.53 Å². The molecule has 1 unspecified atom stereocenters. The number of rotatable bonds is 9. The molecule has 1 aliphatic rings. The molecule has 0 saturated carbocycles. The van der Waals surface area contributed by atoms with E-state index in [0.29, 0.717) is 18.0 Å². The molecule has 1 saturated heterocycles. The van der Waals surface area contributed by atoms with Crippen molar-refractivity contribution in [1.29, 1.82) is 0 Å². The van der Waals surface area contributed by atoms with Gasteiger partial charge in [-0.15, -0.1) is 0 Å². The molecule has 3 rings (SSSR count). The molecule has 0 bridgehead atoms. The van der Waals surface area contributed by atoms with Gasteiger partial charge in [0, 0.05) is 50.7 Å². The molecule has 162 valence electrons. The quantitative estimate of drug-likeness (QED) is 0.593. The van der Waals surface area contributed by atoms with Gasteiger partial charge in [-0.2, -0.15) is 0 Å². The topological polar surface area (TPSA) is 75.3 Å². The number of nitrogens with one attached hydrogen (secondary N) is 3. The van der Waals surface area contributed by atoms with Crippen molar-refractivity contribution in [2.45, 2.75) is 39.3 Å². The van der Waals surface area contributed by atoms with Crippen LogP contribution in [0.5, 0.6) is 0 Å². The van der Waals surface area contributed by atoms with Crippen molar-refractivity contribution in [2.75, 3.05) is 32.8 Å². The molecule has 6 nitrogen and oxygen atoms in total. The Morgan fingerprint density at radius 1 is 1.27 bits per heavy atom. The van der Waals surface area contributed by atoms with E-state index < -0.39 is 0 Å². The summed E-state index contributed by atoms with van der Waals surface area (Å²) in [6.45, 7) is 9.35. The van der Waals surface area contributed by atoms with E-state index in [1.54, 1.807) is 12.4 Å². The molecule has 0 spiro atoms. The summed E-state index contributed by atoms with van der Waals surface area (Å²) in [6.07, 6.45) is 5.78. The van der Waals surface area contributed by atoms with E-state index >= 15 is 0 Å². The summed E-state index contributed by atoms with van der Waals surface area (Å²) in [5.41, 5.74) is 3.82. The lowest BCUT2D eigenvalue weighted by atomic mass is 10.0. The first kappa shape index (κ1) is 22.4. The molecule has 30 heavy (non-hydrogen) atoms. The number of benzene rings is 1.